The molecule has 0 aromatic rings. The summed E-state index contributed by atoms with van der Waals surface area (Å²) in [4.78, 5) is 17.0. The fourth-order valence-corrected chi connectivity index (χ4v) is 0.801. The van der Waals surface area contributed by atoms with Crippen molar-refractivity contribution in [3.8, 4) is 0 Å². The zero-order valence-corrected chi connectivity index (χ0v) is 11.2. The number of hydrogen-bond donors (Lipinski definition) is 0. The van der Waals surface area contributed by atoms with Crippen LogP contribution in [0.25, 0.3) is 5.59 Å². The van der Waals surface area contributed by atoms with Gasteiger partial charge in [0, 0.05) is 0 Å². The van der Waals surface area contributed by atoms with Crippen LogP contribution in [0.15, 0.2) is 0 Å². The quantitative estimate of drug-likeness (QED) is 0.324. The first-order chi connectivity index (χ1) is 8.41. The van der Waals surface area contributed by atoms with Gasteiger partial charge >= 0.3 is 51.0 Å². The van der Waals surface area contributed by atoms with Crippen LogP contribution in [-0.2, 0) is 35.8 Å². The second-order valence-electron chi connectivity index (χ2n) is 2.31. The van der Waals surface area contributed by atoms with Gasteiger partial charge in [-0.05, 0) is 0 Å². The van der Waals surface area contributed by atoms with Crippen molar-refractivity contribution >= 4 is 6.29 Å². The van der Waals surface area contributed by atoms with Crippen LogP contribution in [0.3, 0.4) is 0 Å². The predicted octanol–water partition coefficient (Wildman–Crippen LogP) is 2.66. The Labute approximate surface area is 118 Å². The normalized spacial score (nSPS) is 5.28. The number of unbranched alkanes of at least 4 members (excludes halogenated alkanes) is 5. The summed E-state index contributed by atoms with van der Waals surface area (Å²) < 4.78 is 22.5. The molecule has 0 aromatic heterocycles. The summed E-state index contributed by atoms with van der Waals surface area (Å²) in [6.45, 7) is 15.7. The van der Waals surface area contributed by atoms with Crippen molar-refractivity contribution in [3.05, 3.63) is 30.5 Å². The SMILES string of the molecule is CCCCCCC[C-]=O.[C-]#[O+].[C-]#[O+].[C-]#[O+].[Fe+2].[N-]=O. The summed E-state index contributed by atoms with van der Waals surface area (Å²) >= 11 is 0. The third-order valence-corrected chi connectivity index (χ3v) is 1.38. The van der Waals surface area contributed by atoms with Crippen LogP contribution in [0, 0.1) is 24.9 Å². The molecule has 102 valence electrons. The average Bonchev–Trinajstić information content (AvgIpc) is 2.47. The monoisotopic (exact) mass is 297 g/mol. The second-order valence-corrected chi connectivity index (χ2v) is 2.31. The van der Waals surface area contributed by atoms with E-state index in [1.807, 2.05) is 6.29 Å². The molecule has 0 aliphatic carbocycles. The predicted molar refractivity (Wildman–Crippen MR) is 57.6 cm³/mol. The zero-order valence-electron chi connectivity index (χ0n) is 10.1. The number of nitroso groups, excluding NO2 is 1. The molecule has 0 saturated carbocycles. The van der Waals surface area contributed by atoms with E-state index in [4.69, 9.17) is 24.5 Å². The van der Waals surface area contributed by atoms with E-state index in [1.54, 1.807) is 0 Å². The third kappa shape index (κ3) is 117. The maximum Gasteiger partial charge on any atom is 2.00 e. The largest absolute Gasteiger partial charge is 2.00 e. The van der Waals surface area contributed by atoms with Gasteiger partial charge in [-0.15, -0.1) is 0 Å². The molecule has 0 amide bonds. The van der Waals surface area contributed by atoms with E-state index in [-0.39, 0.29) is 17.1 Å². The molecular formula is C11H15FeNO5. The van der Waals surface area contributed by atoms with Crippen molar-refractivity contribution in [2.75, 3.05) is 0 Å². The fraction of sp³-hybridized carbons (Fsp3) is 0.636. The van der Waals surface area contributed by atoms with Gasteiger partial charge in [0.2, 0.25) is 0 Å². The zero-order chi connectivity index (χ0) is 14.9. The van der Waals surface area contributed by atoms with E-state index in [1.165, 1.54) is 25.7 Å². The summed E-state index contributed by atoms with van der Waals surface area (Å²) in [6, 6.07) is 0. The van der Waals surface area contributed by atoms with Gasteiger partial charge in [-0.25, -0.2) is 0 Å². The Bertz CT molecular complexity index is 156. The van der Waals surface area contributed by atoms with Crippen molar-refractivity contribution in [2.45, 2.75) is 45.4 Å². The standard InChI is InChI=1S/C8H15O.3CO.Fe.NO/c1-2-3-4-5-6-7-8-9;3*1-2;;1-2/h2-7H2,1H3;;;;;/q-1;;;;+2;-1. The molecule has 0 rings (SSSR count). The molecule has 0 radical (unpaired) electrons. The van der Waals surface area contributed by atoms with Gasteiger partial charge in [0.25, 0.3) is 0 Å². The first kappa shape index (κ1) is 36.0. The number of nitrogens with zero attached hydrogens (tertiary/aromatic N) is 1. The minimum atomic E-state index is 0. The van der Waals surface area contributed by atoms with Crippen molar-refractivity contribution in [2.24, 2.45) is 0 Å². The Morgan fingerprint density at radius 1 is 0.889 bits per heavy atom. The van der Waals surface area contributed by atoms with Crippen LogP contribution in [-0.4, -0.2) is 6.29 Å². The van der Waals surface area contributed by atoms with Crippen LogP contribution in [0.1, 0.15) is 45.4 Å². The summed E-state index contributed by atoms with van der Waals surface area (Å²) in [7, 11) is 0. The topological polar surface area (TPSA) is 116 Å². The van der Waals surface area contributed by atoms with E-state index in [9.17, 15) is 4.79 Å². The van der Waals surface area contributed by atoms with Crippen molar-refractivity contribution in [1.82, 2.24) is 0 Å². The molecule has 0 atom stereocenters. The first-order valence-electron chi connectivity index (χ1n) is 4.56. The molecule has 0 N–H and O–H groups in total. The van der Waals surface area contributed by atoms with Crippen molar-refractivity contribution in [1.29, 1.82) is 0 Å². The summed E-state index contributed by atoms with van der Waals surface area (Å²) in [5, 5.41) is 0. The fourth-order valence-electron chi connectivity index (χ4n) is 0.801. The van der Waals surface area contributed by atoms with Crippen molar-refractivity contribution in [3.63, 3.8) is 0 Å². The third-order valence-electron chi connectivity index (χ3n) is 1.38. The van der Waals surface area contributed by atoms with Crippen LogP contribution < -0.4 is 0 Å². The van der Waals surface area contributed by atoms with Gasteiger partial charge in [0.15, 0.2) is 0 Å². The van der Waals surface area contributed by atoms with Gasteiger partial charge in [-0.2, -0.15) is 6.42 Å². The molecule has 0 bridgehead atoms. The molecule has 0 unspecified atom stereocenters. The van der Waals surface area contributed by atoms with Gasteiger partial charge in [-0.1, -0.05) is 39.0 Å². The molecule has 0 heterocycles. The summed E-state index contributed by atoms with van der Waals surface area (Å²) in [6.07, 6.45) is 8.60. The van der Waals surface area contributed by atoms with Crippen LogP contribution in [0.5, 0.6) is 0 Å². The van der Waals surface area contributed by atoms with Crippen molar-refractivity contribution < 1.29 is 35.8 Å². The maximum atomic E-state index is 9.71. The number of rotatable bonds is 6. The molecule has 0 spiro atoms. The van der Waals surface area contributed by atoms with E-state index in [0.29, 0.717) is 6.42 Å². The van der Waals surface area contributed by atoms with Gasteiger partial charge < -0.3 is 15.3 Å². The van der Waals surface area contributed by atoms with E-state index in [0.717, 1.165) is 6.42 Å². The maximum absolute atomic E-state index is 9.71. The number of carbonyl (C=O) groups excluding carboxylic acids is 1. The molecule has 18 heavy (non-hydrogen) atoms. The Morgan fingerprint density at radius 2 is 1.22 bits per heavy atom. The molecule has 7 heteroatoms. The molecule has 0 aliphatic rings. The van der Waals surface area contributed by atoms with E-state index < -0.39 is 0 Å². The molecule has 0 saturated heterocycles. The van der Waals surface area contributed by atoms with Gasteiger partial charge in [0.1, 0.15) is 0 Å². The number of hydrogen-bond acceptors (Lipinski definition) is 2. The van der Waals surface area contributed by atoms with E-state index in [2.05, 4.69) is 26.9 Å². The molecule has 0 aromatic carbocycles. The van der Waals surface area contributed by atoms with Crippen LogP contribution >= 0.6 is 0 Å². The Morgan fingerprint density at radius 3 is 1.50 bits per heavy atom. The Balaban J connectivity index is -0.0000000342. The second kappa shape index (κ2) is 99.9. The van der Waals surface area contributed by atoms with Gasteiger partial charge in [0.05, 0.1) is 0 Å². The molecular weight excluding hydrogens is 282 g/mol. The average molecular weight is 297 g/mol. The smallest absolute Gasteiger partial charge is 0.577 e. The minimum absolute atomic E-state index is 0. The van der Waals surface area contributed by atoms with Gasteiger partial charge in [-0.3, -0.25) is 6.29 Å². The molecule has 6 nitrogen and oxygen atoms in total. The minimum Gasteiger partial charge on any atom is -0.577 e. The van der Waals surface area contributed by atoms with Crippen LogP contribution in [0.2, 0.25) is 0 Å². The first-order valence-corrected chi connectivity index (χ1v) is 4.56. The summed E-state index contributed by atoms with van der Waals surface area (Å²) in [5.41, 5.74) is 5.75. The Hall–Kier alpha value is -0.991. The molecule has 0 fully saturated rings. The molecule has 0 aliphatic heterocycles. The Kier molecular flexibility index (Phi) is 200. The van der Waals surface area contributed by atoms with Crippen LogP contribution in [0.4, 0.5) is 0 Å². The van der Waals surface area contributed by atoms with E-state index >= 15 is 0 Å². The summed E-state index contributed by atoms with van der Waals surface area (Å²) in [5.74, 6) is 0.